The Morgan fingerprint density at radius 1 is 1.28 bits per heavy atom. The average molecular weight is 420 g/mol. The van der Waals surface area contributed by atoms with Crippen LogP contribution in [0.4, 0.5) is 5.69 Å². The van der Waals surface area contributed by atoms with Crippen LogP contribution in [-0.2, 0) is 11.3 Å². The van der Waals surface area contributed by atoms with Gasteiger partial charge in [0.1, 0.15) is 5.01 Å². The van der Waals surface area contributed by atoms with E-state index in [2.05, 4.69) is 11.9 Å². The Labute approximate surface area is 173 Å². The second kappa shape index (κ2) is 10.7. The first kappa shape index (κ1) is 22.5. The van der Waals surface area contributed by atoms with Gasteiger partial charge in [-0.15, -0.1) is 11.3 Å². The molecule has 0 fully saturated rings. The maximum absolute atomic E-state index is 13.1. The Hall–Kier alpha value is -2.81. The van der Waals surface area contributed by atoms with Gasteiger partial charge in [0.25, 0.3) is 11.6 Å². The number of rotatable bonds is 10. The van der Waals surface area contributed by atoms with Crippen LogP contribution in [0.1, 0.15) is 64.5 Å². The number of aryl methyl sites for hydroxylation is 1. The number of hydrogen-bond acceptors (Lipinski definition) is 7. The lowest BCUT2D eigenvalue weighted by Crippen LogP contribution is -2.31. The number of nitrogens with zero attached hydrogens (tertiary/aromatic N) is 3. The molecule has 0 saturated carbocycles. The fraction of sp³-hybridized carbons (Fsp3) is 0.450. The highest BCUT2D eigenvalue weighted by molar-refractivity contribution is 7.09. The fourth-order valence-corrected chi connectivity index (χ4v) is 3.55. The molecule has 9 heteroatoms. The van der Waals surface area contributed by atoms with Crippen molar-refractivity contribution in [3.63, 3.8) is 0 Å². The molecule has 0 atom stereocenters. The van der Waals surface area contributed by atoms with E-state index < -0.39 is 10.9 Å². The Morgan fingerprint density at radius 2 is 2.03 bits per heavy atom. The molecule has 29 heavy (non-hydrogen) atoms. The standard InChI is InChI=1S/C20H25N3O5S/c1-4-6-7-10-22(12-18-21-16(13-29-18)20(25)28-5-2)19(24)15-9-8-14(3)17(11-15)23(26)27/h8-9,11,13H,4-7,10,12H2,1-3H3. The van der Waals surface area contributed by atoms with Crippen LogP contribution in [0.25, 0.3) is 0 Å². The molecule has 0 aliphatic carbocycles. The zero-order valence-electron chi connectivity index (χ0n) is 16.8. The van der Waals surface area contributed by atoms with E-state index in [0.29, 0.717) is 17.1 Å². The number of aromatic nitrogens is 1. The third-order valence-corrected chi connectivity index (χ3v) is 5.17. The lowest BCUT2D eigenvalue weighted by Gasteiger charge is -2.22. The lowest BCUT2D eigenvalue weighted by atomic mass is 10.1. The number of carbonyl (C=O) groups excluding carboxylic acids is 2. The lowest BCUT2D eigenvalue weighted by molar-refractivity contribution is -0.385. The average Bonchev–Trinajstić information content (AvgIpc) is 3.16. The van der Waals surface area contributed by atoms with Gasteiger partial charge in [0.05, 0.1) is 18.1 Å². The molecule has 0 aliphatic rings. The van der Waals surface area contributed by atoms with E-state index in [1.807, 2.05) is 0 Å². The Bertz CT molecular complexity index is 881. The second-order valence-electron chi connectivity index (χ2n) is 6.54. The normalized spacial score (nSPS) is 10.6. The summed E-state index contributed by atoms with van der Waals surface area (Å²) in [5.74, 6) is -0.787. The number of esters is 1. The van der Waals surface area contributed by atoms with Gasteiger partial charge in [0.15, 0.2) is 5.69 Å². The number of hydrogen-bond donors (Lipinski definition) is 0. The van der Waals surface area contributed by atoms with Crippen molar-refractivity contribution in [2.24, 2.45) is 0 Å². The summed E-state index contributed by atoms with van der Waals surface area (Å²) >= 11 is 1.28. The summed E-state index contributed by atoms with van der Waals surface area (Å²) in [4.78, 5) is 41.5. The minimum Gasteiger partial charge on any atom is -0.461 e. The van der Waals surface area contributed by atoms with Crippen molar-refractivity contribution in [1.82, 2.24) is 9.88 Å². The summed E-state index contributed by atoms with van der Waals surface area (Å²) in [5, 5.41) is 13.4. The number of nitro benzene ring substituents is 1. The van der Waals surface area contributed by atoms with E-state index in [9.17, 15) is 19.7 Å². The zero-order chi connectivity index (χ0) is 21.4. The third kappa shape index (κ3) is 6.08. The summed E-state index contributed by atoms with van der Waals surface area (Å²) in [5.41, 5.74) is 0.908. The van der Waals surface area contributed by atoms with Crippen LogP contribution in [0.2, 0.25) is 0 Å². The fourth-order valence-electron chi connectivity index (χ4n) is 2.77. The van der Waals surface area contributed by atoms with Gasteiger partial charge in [-0.1, -0.05) is 25.8 Å². The molecule has 0 aliphatic heterocycles. The second-order valence-corrected chi connectivity index (χ2v) is 7.48. The predicted molar refractivity (Wildman–Crippen MR) is 110 cm³/mol. The molecule has 1 heterocycles. The number of benzene rings is 1. The summed E-state index contributed by atoms with van der Waals surface area (Å²) < 4.78 is 4.95. The number of unbranched alkanes of at least 4 members (excludes halogenated alkanes) is 2. The van der Waals surface area contributed by atoms with Gasteiger partial charge < -0.3 is 9.64 Å². The number of thiazole rings is 1. The van der Waals surface area contributed by atoms with Crippen molar-refractivity contribution in [2.75, 3.05) is 13.2 Å². The molecule has 1 aromatic carbocycles. The van der Waals surface area contributed by atoms with E-state index in [1.165, 1.54) is 17.4 Å². The SMILES string of the molecule is CCCCCN(Cc1nc(C(=O)OCC)cs1)C(=O)c1ccc(C)c([N+](=O)[O-])c1. The Balaban J connectivity index is 2.23. The number of nitro groups is 1. The van der Waals surface area contributed by atoms with E-state index in [-0.39, 0.29) is 36.0 Å². The first-order chi connectivity index (χ1) is 13.9. The maximum Gasteiger partial charge on any atom is 0.357 e. The van der Waals surface area contributed by atoms with Gasteiger partial charge in [-0.3, -0.25) is 14.9 Å². The quantitative estimate of drug-likeness (QED) is 0.245. The minimum absolute atomic E-state index is 0.0804. The molecule has 8 nitrogen and oxygen atoms in total. The number of ether oxygens (including phenoxy) is 1. The molecule has 2 aromatic rings. The highest BCUT2D eigenvalue weighted by Gasteiger charge is 2.22. The molecule has 2 rings (SSSR count). The molecule has 1 aromatic heterocycles. The van der Waals surface area contributed by atoms with Crippen molar-refractivity contribution in [3.05, 3.63) is 55.5 Å². The summed E-state index contributed by atoms with van der Waals surface area (Å²) in [6, 6.07) is 4.50. The van der Waals surface area contributed by atoms with Crippen LogP contribution in [0.15, 0.2) is 23.6 Å². The van der Waals surface area contributed by atoms with Crippen molar-refractivity contribution in [1.29, 1.82) is 0 Å². The van der Waals surface area contributed by atoms with Gasteiger partial charge >= 0.3 is 5.97 Å². The first-order valence-electron chi connectivity index (χ1n) is 9.53. The molecular formula is C20H25N3O5S. The van der Waals surface area contributed by atoms with E-state index in [4.69, 9.17) is 4.74 Å². The van der Waals surface area contributed by atoms with E-state index in [0.717, 1.165) is 19.3 Å². The highest BCUT2D eigenvalue weighted by Crippen LogP contribution is 2.22. The van der Waals surface area contributed by atoms with Gasteiger partial charge in [-0.2, -0.15) is 0 Å². The molecule has 0 N–H and O–H groups in total. The molecule has 0 bridgehead atoms. The number of carbonyl (C=O) groups is 2. The smallest absolute Gasteiger partial charge is 0.357 e. The van der Waals surface area contributed by atoms with Crippen LogP contribution >= 0.6 is 11.3 Å². The molecule has 0 radical (unpaired) electrons. The molecule has 156 valence electrons. The van der Waals surface area contributed by atoms with Crippen LogP contribution in [0, 0.1) is 17.0 Å². The molecule has 0 spiro atoms. The van der Waals surface area contributed by atoms with E-state index in [1.54, 1.807) is 36.3 Å². The van der Waals surface area contributed by atoms with Crippen molar-refractivity contribution in [2.45, 2.75) is 46.6 Å². The largest absolute Gasteiger partial charge is 0.461 e. The highest BCUT2D eigenvalue weighted by atomic mass is 32.1. The van der Waals surface area contributed by atoms with Crippen molar-refractivity contribution < 1.29 is 19.2 Å². The summed E-state index contributed by atoms with van der Waals surface area (Å²) in [6.45, 7) is 6.43. The monoisotopic (exact) mass is 419 g/mol. The molecule has 1 amide bonds. The first-order valence-corrected chi connectivity index (χ1v) is 10.4. The van der Waals surface area contributed by atoms with Gasteiger partial charge in [-0.25, -0.2) is 9.78 Å². The molecule has 0 unspecified atom stereocenters. The molecular weight excluding hydrogens is 394 g/mol. The molecule has 0 saturated heterocycles. The van der Waals surface area contributed by atoms with Gasteiger partial charge in [-0.05, 0) is 26.3 Å². The van der Waals surface area contributed by atoms with Crippen LogP contribution in [0.3, 0.4) is 0 Å². The van der Waals surface area contributed by atoms with E-state index >= 15 is 0 Å². The minimum atomic E-state index is -0.493. The maximum atomic E-state index is 13.1. The van der Waals surface area contributed by atoms with Crippen LogP contribution < -0.4 is 0 Å². The predicted octanol–water partition coefficient (Wildman–Crippen LogP) is 4.37. The van der Waals surface area contributed by atoms with Gasteiger partial charge in [0, 0.05) is 29.1 Å². The van der Waals surface area contributed by atoms with Crippen LogP contribution in [-0.4, -0.2) is 39.8 Å². The van der Waals surface area contributed by atoms with Crippen LogP contribution in [0.5, 0.6) is 0 Å². The topological polar surface area (TPSA) is 103 Å². The number of amides is 1. The Kier molecular flexibility index (Phi) is 8.26. The Morgan fingerprint density at radius 3 is 2.69 bits per heavy atom. The zero-order valence-corrected chi connectivity index (χ0v) is 17.7. The summed E-state index contributed by atoms with van der Waals surface area (Å²) in [6.07, 6.45) is 2.78. The third-order valence-electron chi connectivity index (χ3n) is 4.33. The van der Waals surface area contributed by atoms with Gasteiger partial charge in [0.2, 0.25) is 0 Å². The summed E-state index contributed by atoms with van der Waals surface area (Å²) in [7, 11) is 0. The van der Waals surface area contributed by atoms with Crippen molar-refractivity contribution >= 4 is 28.9 Å². The van der Waals surface area contributed by atoms with Crippen molar-refractivity contribution in [3.8, 4) is 0 Å².